The minimum Gasteiger partial charge on any atom is -0.444 e. The molecule has 0 radical (unpaired) electrons. The summed E-state index contributed by atoms with van der Waals surface area (Å²) < 4.78 is 36.3. The Morgan fingerprint density at radius 2 is 1.84 bits per heavy atom. The smallest absolute Gasteiger partial charge is 0.416 e. The van der Waals surface area contributed by atoms with Crippen LogP contribution in [0.3, 0.4) is 0 Å². The standard InChI is InChI=1S/C26H34F2N6O4/c1-17(30-23-29-13-20-16-37-25(36)34(15-21(27)28)22(20)31-23)19-7-5-18(6-8-19)14-32-9-11-33(12-10-32)24(35)38-26(2,3)4/h5-8,13,17,21H,9-12,14-16H2,1-4H3,(H,29,30,31). The molecule has 1 aromatic heterocycles. The number of benzene rings is 1. The Hall–Kier alpha value is -3.54. The van der Waals surface area contributed by atoms with Crippen molar-refractivity contribution in [2.24, 2.45) is 0 Å². The van der Waals surface area contributed by atoms with Gasteiger partial charge in [-0.2, -0.15) is 4.98 Å². The zero-order valence-corrected chi connectivity index (χ0v) is 22.1. The van der Waals surface area contributed by atoms with Gasteiger partial charge in [0, 0.05) is 38.9 Å². The van der Waals surface area contributed by atoms with Gasteiger partial charge in [-0.25, -0.2) is 23.4 Å². The van der Waals surface area contributed by atoms with Crippen molar-refractivity contribution in [3.63, 3.8) is 0 Å². The first-order valence-electron chi connectivity index (χ1n) is 12.6. The molecular formula is C26H34F2N6O4. The van der Waals surface area contributed by atoms with Crippen LogP contribution in [0.15, 0.2) is 30.5 Å². The van der Waals surface area contributed by atoms with Gasteiger partial charge in [-0.1, -0.05) is 24.3 Å². The number of alkyl halides is 2. The second-order valence-corrected chi connectivity index (χ2v) is 10.4. The Kier molecular flexibility index (Phi) is 8.29. The number of cyclic esters (lactones) is 1. The van der Waals surface area contributed by atoms with Gasteiger partial charge in [0.1, 0.15) is 18.0 Å². The van der Waals surface area contributed by atoms with Crippen molar-refractivity contribution in [2.45, 2.75) is 58.9 Å². The minimum atomic E-state index is -2.72. The third kappa shape index (κ3) is 7.06. The fourth-order valence-electron chi connectivity index (χ4n) is 4.27. The maximum Gasteiger partial charge on any atom is 0.416 e. The number of nitrogens with zero attached hydrogens (tertiary/aromatic N) is 5. The molecule has 3 heterocycles. The molecule has 12 heteroatoms. The molecule has 10 nitrogen and oxygen atoms in total. The molecule has 2 aromatic rings. The normalized spacial score (nSPS) is 17.2. The van der Waals surface area contributed by atoms with E-state index in [1.54, 1.807) is 4.90 Å². The summed E-state index contributed by atoms with van der Waals surface area (Å²) in [6, 6.07) is 7.98. The predicted molar refractivity (Wildman–Crippen MR) is 137 cm³/mol. The summed E-state index contributed by atoms with van der Waals surface area (Å²) in [7, 11) is 0. The number of hydrogen-bond acceptors (Lipinski definition) is 8. The van der Waals surface area contributed by atoms with E-state index in [2.05, 4.69) is 32.3 Å². The van der Waals surface area contributed by atoms with E-state index in [0.29, 0.717) is 18.7 Å². The number of fused-ring (bicyclic) bond motifs is 1. The van der Waals surface area contributed by atoms with Gasteiger partial charge in [0.05, 0.1) is 18.2 Å². The number of ether oxygens (including phenoxy) is 2. The van der Waals surface area contributed by atoms with Gasteiger partial charge < -0.3 is 19.7 Å². The first kappa shape index (κ1) is 27.5. The average molecular weight is 533 g/mol. The van der Waals surface area contributed by atoms with E-state index >= 15 is 0 Å². The van der Waals surface area contributed by atoms with Crippen molar-refractivity contribution >= 4 is 24.0 Å². The topological polar surface area (TPSA) is 100 Å². The molecule has 0 spiro atoms. The number of amides is 2. The van der Waals surface area contributed by atoms with E-state index in [0.717, 1.165) is 35.7 Å². The molecule has 1 atom stereocenters. The van der Waals surface area contributed by atoms with Crippen molar-refractivity contribution in [3.05, 3.63) is 47.2 Å². The van der Waals surface area contributed by atoms with Crippen molar-refractivity contribution in [2.75, 3.05) is 42.9 Å². The van der Waals surface area contributed by atoms with Crippen LogP contribution in [0.25, 0.3) is 0 Å². The van der Waals surface area contributed by atoms with Crippen LogP contribution in [0.1, 0.15) is 50.4 Å². The van der Waals surface area contributed by atoms with Gasteiger partial charge in [-0.15, -0.1) is 0 Å². The monoisotopic (exact) mass is 532 g/mol. The van der Waals surface area contributed by atoms with Crippen LogP contribution in [0, 0.1) is 0 Å². The third-order valence-corrected chi connectivity index (χ3v) is 6.24. The van der Waals surface area contributed by atoms with Crippen molar-refractivity contribution in [1.82, 2.24) is 19.8 Å². The fraction of sp³-hybridized carbons (Fsp3) is 0.538. The summed E-state index contributed by atoms with van der Waals surface area (Å²) in [5.74, 6) is 0.366. The van der Waals surface area contributed by atoms with Gasteiger partial charge in [0.2, 0.25) is 5.95 Å². The molecule has 1 aromatic carbocycles. The Balaban J connectivity index is 1.32. The highest BCUT2D eigenvalue weighted by atomic mass is 19.3. The summed E-state index contributed by atoms with van der Waals surface area (Å²) in [5.41, 5.74) is 2.11. The van der Waals surface area contributed by atoms with E-state index in [1.165, 1.54) is 6.20 Å². The van der Waals surface area contributed by atoms with E-state index in [9.17, 15) is 18.4 Å². The number of hydrogen-bond donors (Lipinski definition) is 1. The predicted octanol–water partition coefficient (Wildman–Crippen LogP) is 4.42. The summed E-state index contributed by atoms with van der Waals surface area (Å²) in [6.07, 6.45) is -2.36. The van der Waals surface area contributed by atoms with Crippen LogP contribution in [-0.4, -0.2) is 76.7 Å². The Morgan fingerprint density at radius 3 is 2.47 bits per heavy atom. The van der Waals surface area contributed by atoms with Crippen molar-refractivity contribution in [1.29, 1.82) is 0 Å². The largest absolute Gasteiger partial charge is 0.444 e. The molecule has 1 saturated heterocycles. The first-order chi connectivity index (χ1) is 18.0. The van der Waals surface area contributed by atoms with Crippen LogP contribution in [0.2, 0.25) is 0 Å². The zero-order chi connectivity index (χ0) is 27.4. The number of piperazine rings is 1. The molecule has 1 unspecified atom stereocenters. The molecular weight excluding hydrogens is 498 g/mol. The number of rotatable bonds is 7. The fourth-order valence-corrected chi connectivity index (χ4v) is 4.27. The molecule has 2 aliphatic heterocycles. The maximum absolute atomic E-state index is 13.0. The summed E-state index contributed by atoms with van der Waals surface area (Å²) in [5, 5.41) is 3.18. The molecule has 1 fully saturated rings. The number of carbonyl (C=O) groups is 2. The van der Waals surface area contributed by atoms with Crippen LogP contribution in [0.5, 0.6) is 0 Å². The summed E-state index contributed by atoms with van der Waals surface area (Å²) in [6.45, 7) is 10.2. The summed E-state index contributed by atoms with van der Waals surface area (Å²) >= 11 is 0. The highest BCUT2D eigenvalue weighted by Crippen LogP contribution is 2.27. The Labute approximate surface area is 220 Å². The van der Waals surface area contributed by atoms with E-state index in [-0.39, 0.29) is 30.5 Å². The summed E-state index contributed by atoms with van der Waals surface area (Å²) in [4.78, 5) is 37.7. The van der Waals surface area contributed by atoms with Gasteiger partial charge in [-0.3, -0.25) is 9.80 Å². The zero-order valence-electron chi connectivity index (χ0n) is 22.1. The molecule has 2 amide bonds. The molecule has 0 aliphatic carbocycles. The molecule has 4 rings (SSSR count). The van der Waals surface area contributed by atoms with Crippen LogP contribution < -0.4 is 10.2 Å². The van der Waals surface area contributed by atoms with E-state index < -0.39 is 24.7 Å². The minimum absolute atomic E-state index is 0.0543. The molecule has 206 valence electrons. The molecule has 1 N–H and O–H groups in total. The van der Waals surface area contributed by atoms with Gasteiger partial charge in [0.15, 0.2) is 0 Å². The second kappa shape index (κ2) is 11.5. The quantitative estimate of drug-likeness (QED) is 0.559. The molecule has 38 heavy (non-hydrogen) atoms. The van der Waals surface area contributed by atoms with Crippen LogP contribution in [-0.2, 0) is 22.6 Å². The lowest BCUT2D eigenvalue weighted by atomic mass is 10.1. The first-order valence-corrected chi connectivity index (χ1v) is 12.6. The highest BCUT2D eigenvalue weighted by Gasteiger charge is 2.30. The van der Waals surface area contributed by atoms with Crippen LogP contribution in [0.4, 0.5) is 30.1 Å². The Bertz CT molecular complexity index is 1130. The third-order valence-electron chi connectivity index (χ3n) is 6.24. The second-order valence-electron chi connectivity index (χ2n) is 10.4. The number of nitrogens with one attached hydrogen (secondary N) is 1. The maximum atomic E-state index is 13.0. The van der Waals surface area contributed by atoms with Gasteiger partial charge in [-0.05, 0) is 38.8 Å². The number of halogens is 2. The molecule has 0 saturated carbocycles. The lowest BCUT2D eigenvalue weighted by Crippen LogP contribution is -2.49. The van der Waals surface area contributed by atoms with E-state index in [4.69, 9.17) is 9.47 Å². The Morgan fingerprint density at radius 1 is 1.16 bits per heavy atom. The van der Waals surface area contributed by atoms with Crippen LogP contribution >= 0.6 is 0 Å². The number of aromatic nitrogens is 2. The molecule has 0 bridgehead atoms. The average Bonchev–Trinajstić information content (AvgIpc) is 2.85. The molecule has 2 aliphatic rings. The SMILES string of the molecule is CC(Nc1ncc2c(n1)N(CC(F)F)C(=O)OC2)c1ccc(CN2CCN(C(=O)OC(C)(C)C)CC2)cc1. The van der Waals surface area contributed by atoms with Crippen molar-refractivity contribution < 1.29 is 27.8 Å². The number of carbonyl (C=O) groups excluding carboxylic acids is 2. The van der Waals surface area contributed by atoms with Gasteiger partial charge >= 0.3 is 12.2 Å². The lowest BCUT2D eigenvalue weighted by Gasteiger charge is -2.35. The number of anilines is 2. The van der Waals surface area contributed by atoms with Gasteiger partial charge in [0.25, 0.3) is 6.43 Å². The lowest BCUT2D eigenvalue weighted by molar-refractivity contribution is 0.0139. The van der Waals surface area contributed by atoms with E-state index in [1.807, 2.05) is 39.8 Å². The highest BCUT2D eigenvalue weighted by molar-refractivity contribution is 5.89. The van der Waals surface area contributed by atoms with Crippen molar-refractivity contribution in [3.8, 4) is 0 Å².